The molecule has 0 bridgehead atoms. The van der Waals surface area contributed by atoms with E-state index in [1.165, 1.54) is 4.90 Å². The summed E-state index contributed by atoms with van der Waals surface area (Å²) in [5.41, 5.74) is 1.08. The van der Waals surface area contributed by atoms with Gasteiger partial charge in [-0.25, -0.2) is 0 Å². The van der Waals surface area contributed by atoms with Crippen molar-refractivity contribution in [1.82, 2.24) is 4.90 Å². The molecule has 0 aliphatic heterocycles. The molecule has 1 unspecified atom stereocenters. The number of carbonyl (C=O) groups is 1. The van der Waals surface area contributed by atoms with Crippen molar-refractivity contribution in [1.29, 1.82) is 0 Å². The van der Waals surface area contributed by atoms with Crippen LogP contribution in [-0.2, 0) is 6.42 Å². The third-order valence-corrected chi connectivity index (χ3v) is 3.70. The average molecular weight is 263 g/mol. The number of aliphatic hydroxyl groups excluding tert-OH is 1. The predicted molar refractivity (Wildman–Crippen MR) is 73.2 cm³/mol. The van der Waals surface area contributed by atoms with Crippen LogP contribution >= 0.6 is 0 Å². The van der Waals surface area contributed by atoms with Crippen LogP contribution in [0.1, 0.15) is 35.7 Å². The molecule has 0 spiro atoms. The second-order valence-corrected chi connectivity index (χ2v) is 5.26. The van der Waals surface area contributed by atoms with Gasteiger partial charge >= 0.3 is 0 Å². The minimum absolute atomic E-state index is 0.0581. The number of hydrogen-bond acceptors (Lipinski definition) is 3. The zero-order valence-corrected chi connectivity index (χ0v) is 11.5. The van der Waals surface area contributed by atoms with Crippen LogP contribution in [0.25, 0.3) is 0 Å². The smallest absolute Gasteiger partial charge is 0.257 e. The summed E-state index contributed by atoms with van der Waals surface area (Å²) in [4.78, 5) is 13.8. The van der Waals surface area contributed by atoms with E-state index in [2.05, 4.69) is 0 Å². The molecule has 0 radical (unpaired) electrons. The molecule has 2 rings (SSSR count). The Balaban J connectivity index is 2.09. The van der Waals surface area contributed by atoms with Gasteiger partial charge in [0, 0.05) is 13.6 Å². The molecule has 0 aromatic heterocycles. The first kappa shape index (κ1) is 13.9. The van der Waals surface area contributed by atoms with Crippen molar-refractivity contribution < 1.29 is 15.0 Å². The number of hydrogen-bond donors (Lipinski definition) is 2. The second kappa shape index (κ2) is 5.61. The number of likely N-dealkylation sites (N-methyl/N-ethyl adjacent to an activating group) is 1. The van der Waals surface area contributed by atoms with Crippen molar-refractivity contribution in [2.24, 2.45) is 5.92 Å². The van der Waals surface area contributed by atoms with Crippen LogP contribution in [0, 0.1) is 5.92 Å². The first-order valence-electron chi connectivity index (χ1n) is 6.79. The first-order valence-corrected chi connectivity index (χ1v) is 6.79. The largest absolute Gasteiger partial charge is 0.507 e. The van der Waals surface area contributed by atoms with Crippen molar-refractivity contribution >= 4 is 5.91 Å². The first-order chi connectivity index (χ1) is 9.04. The Bertz CT molecular complexity index is 468. The fraction of sp³-hybridized carbons (Fsp3) is 0.533. The lowest BCUT2D eigenvalue weighted by Gasteiger charge is -2.21. The molecular formula is C15H21NO3. The monoisotopic (exact) mass is 263 g/mol. The van der Waals surface area contributed by atoms with E-state index in [9.17, 15) is 15.0 Å². The van der Waals surface area contributed by atoms with Crippen LogP contribution in [0.5, 0.6) is 5.75 Å². The molecule has 0 heterocycles. The zero-order valence-electron chi connectivity index (χ0n) is 11.5. The van der Waals surface area contributed by atoms with E-state index in [4.69, 9.17) is 0 Å². The number of amides is 1. The fourth-order valence-corrected chi connectivity index (χ4v) is 2.25. The van der Waals surface area contributed by atoms with Crippen molar-refractivity contribution in [3.63, 3.8) is 0 Å². The van der Waals surface area contributed by atoms with E-state index in [0.717, 1.165) is 18.4 Å². The van der Waals surface area contributed by atoms with Gasteiger partial charge in [-0.05, 0) is 36.8 Å². The maximum Gasteiger partial charge on any atom is 0.257 e. The summed E-state index contributed by atoms with van der Waals surface area (Å²) in [5.74, 6) is 0.154. The molecule has 104 valence electrons. The Morgan fingerprint density at radius 1 is 1.47 bits per heavy atom. The van der Waals surface area contributed by atoms with Gasteiger partial charge in [-0.15, -0.1) is 0 Å². The number of benzene rings is 1. The SMILES string of the molecule is CCc1cccc(C(=O)N(C)CC(O)C2CC2)c1O. The maximum atomic E-state index is 12.3. The molecule has 1 aromatic carbocycles. The molecular weight excluding hydrogens is 242 g/mol. The van der Waals surface area contributed by atoms with Crippen molar-refractivity contribution in [3.8, 4) is 5.75 Å². The Hall–Kier alpha value is -1.55. The van der Waals surface area contributed by atoms with Crippen LogP contribution in [0.2, 0.25) is 0 Å². The number of carbonyl (C=O) groups excluding carboxylic acids is 1. The summed E-state index contributed by atoms with van der Waals surface area (Å²) in [7, 11) is 1.66. The maximum absolute atomic E-state index is 12.3. The highest BCUT2D eigenvalue weighted by Gasteiger charge is 2.31. The number of phenols is 1. The van der Waals surface area contributed by atoms with Crippen molar-refractivity contribution in [2.45, 2.75) is 32.3 Å². The summed E-state index contributed by atoms with van der Waals surface area (Å²) in [5, 5.41) is 19.9. The highest BCUT2D eigenvalue weighted by Crippen LogP contribution is 2.33. The topological polar surface area (TPSA) is 60.8 Å². The molecule has 1 fully saturated rings. The molecule has 1 saturated carbocycles. The van der Waals surface area contributed by atoms with Gasteiger partial charge in [-0.3, -0.25) is 4.79 Å². The van der Waals surface area contributed by atoms with Crippen molar-refractivity contribution in [2.75, 3.05) is 13.6 Å². The summed E-state index contributed by atoms with van der Waals surface area (Å²) in [6.45, 7) is 2.25. The Morgan fingerprint density at radius 3 is 2.74 bits per heavy atom. The van der Waals surface area contributed by atoms with Crippen LogP contribution < -0.4 is 0 Å². The van der Waals surface area contributed by atoms with Gasteiger partial charge in [0.25, 0.3) is 5.91 Å². The molecule has 2 N–H and O–H groups in total. The number of aliphatic hydroxyl groups is 1. The lowest BCUT2D eigenvalue weighted by atomic mass is 10.1. The lowest BCUT2D eigenvalue weighted by molar-refractivity contribution is 0.0642. The van der Waals surface area contributed by atoms with Gasteiger partial charge in [-0.2, -0.15) is 0 Å². The Morgan fingerprint density at radius 2 is 2.16 bits per heavy atom. The summed E-state index contributed by atoms with van der Waals surface area (Å²) in [6.07, 6.45) is 2.31. The summed E-state index contributed by atoms with van der Waals surface area (Å²) in [6, 6.07) is 5.21. The molecule has 4 nitrogen and oxygen atoms in total. The van der Waals surface area contributed by atoms with Crippen LogP contribution in [-0.4, -0.2) is 40.7 Å². The molecule has 0 saturated heterocycles. The van der Waals surface area contributed by atoms with E-state index in [1.807, 2.05) is 13.0 Å². The molecule has 19 heavy (non-hydrogen) atoms. The molecule has 4 heteroatoms. The fourth-order valence-electron chi connectivity index (χ4n) is 2.25. The number of nitrogens with zero attached hydrogens (tertiary/aromatic N) is 1. The highest BCUT2D eigenvalue weighted by atomic mass is 16.3. The normalized spacial score (nSPS) is 16.2. The number of aromatic hydroxyl groups is 1. The number of aryl methyl sites for hydroxylation is 1. The minimum atomic E-state index is -0.453. The van der Waals surface area contributed by atoms with Gasteiger partial charge in [-0.1, -0.05) is 19.1 Å². The summed E-state index contributed by atoms with van der Waals surface area (Å²) >= 11 is 0. The molecule has 1 aliphatic rings. The quantitative estimate of drug-likeness (QED) is 0.851. The standard InChI is InChI=1S/C15H21NO3/c1-3-10-5-4-6-12(14(10)18)15(19)16(2)9-13(17)11-7-8-11/h4-6,11,13,17-18H,3,7-9H2,1-2H3. The van der Waals surface area contributed by atoms with Crippen LogP contribution in [0.3, 0.4) is 0 Å². The van der Waals surface area contributed by atoms with Crippen molar-refractivity contribution in [3.05, 3.63) is 29.3 Å². The number of rotatable bonds is 5. The van der Waals surface area contributed by atoms with Gasteiger partial charge in [0.05, 0.1) is 11.7 Å². The van der Waals surface area contributed by atoms with E-state index in [1.54, 1.807) is 19.2 Å². The molecule has 1 amide bonds. The average Bonchev–Trinajstić information content (AvgIpc) is 3.22. The second-order valence-electron chi connectivity index (χ2n) is 5.26. The third kappa shape index (κ3) is 3.07. The lowest BCUT2D eigenvalue weighted by Crippen LogP contribution is -2.35. The summed E-state index contributed by atoms with van der Waals surface area (Å²) < 4.78 is 0. The van der Waals surface area contributed by atoms with E-state index < -0.39 is 6.10 Å². The molecule has 1 atom stereocenters. The van der Waals surface area contributed by atoms with E-state index in [-0.39, 0.29) is 11.7 Å². The van der Waals surface area contributed by atoms with E-state index >= 15 is 0 Å². The Labute approximate surface area is 113 Å². The minimum Gasteiger partial charge on any atom is -0.507 e. The molecule has 1 aromatic rings. The van der Waals surface area contributed by atoms with Gasteiger partial charge < -0.3 is 15.1 Å². The zero-order chi connectivity index (χ0) is 14.0. The van der Waals surface area contributed by atoms with Gasteiger partial charge in [0.2, 0.25) is 0 Å². The van der Waals surface area contributed by atoms with Crippen LogP contribution in [0.4, 0.5) is 0 Å². The van der Waals surface area contributed by atoms with Gasteiger partial charge in [0.15, 0.2) is 0 Å². The molecule has 1 aliphatic carbocycles. The predicted octanol–water partition coefficient (Wildman–Crippen LogP) is 1.80. The van der Waals surface area contributed by atoms with Crippen LogP contribution in [0.15, 0.2) is 18.2 Å². The highest BCUT2D eigenvalue weighted by molar-refractivity contribution is 5.97. The van der Waals surface area contributed by atoms with E-state index in [0.29, 0.717) is 24.4 Å². The number of phenolic OH excluding ortho intramolecular Hbond substituents is 1. The van der Waals surface area contributed by atoms with Gasteiger partial charge in [0.1, 0.15) is 5.75 Å². The number of para-hydroxylation sites is 1. The Kier molecular flexibility index (Phi) is 4.10. The third-order valence-electron chi connectivity index (χ3n) is 3.70.